The fourth-order valence-corrected chi connectivity index (χ4v) is 5.03. The van der Waals surface area contributed by atoms with Gasteiger partial charge in [-0.05, 0) is 37.3 Å². The highest BCUT2D eigenvalue weighted by Crippen LogP contribution is 2.29. The molecule has 1 aromatic rings. The van der Waals surface area contributed by atoms with Gasteiger partial charge in [-0.1, -0.05) is 18.2 Å². The van der Waals surface area contributed by atoms with Crippen LogP contribution in [0.5, 0.6) is 5.75 Å². The van der Waals surface area contributed by atoms with E-state index in [0.717, 1.165) is 38.1 Å². The standard InChI is InChI=1S/C18H29N3O3S/c1-19(2)25(22,23)21-14-16-9-10-17(15-21)20(13-16)11-6-12-24-18-7-4-3-5-8-18/h3-5,7-8,16-17H,6,9-15H2,1-2H3/t16-,17-/m0/s1. The van der Waals surface area contributed by atoms with Gasteiger partial charge in [0.25, 0.3) is 10.2 Å². The van der Waals surface area contributed by atoms with Crippen LogP contribution in [0.1, 0.15) is 19.3 Å². The zero-order valence-corrected chi connectivity index (χ0v) is 16.0. The molecule has 4 rings (SSSR count). The fraction of sp³-hybridized carbons (Fsp3) is 0.667. The quantitative estimate of drug-likeness (QED) is 0.688. The molecule has 0 aliphatic carbocycles. The number of nitrogens with zero attached hydrogens (tertiary/aromatic N) is 3. The molecule has 0 saturated carbocycles. The van der Waals surface area contributed by atoms with Gasteiger partial charge in [0.15, 0.2) is 0 Å². The minimum absolute atomic E-state index is 0.324. The molecule has 0 spiro atoms. The van der Waals surface area contributed by atoms with Crippen LogP contribution in [0, 0.1) is 5.92 Å². The van der Waals surface area contributed by atoms with E-state index in [4.69, 9.17) is 4.74 Å². The van der Waals surface area contributed by atoms with E-state index in [9.17, 15) is 8.42 Å². The minimum Gasteiger partial charge on any atom is -0.494 e. The van der Waals surface area contributed by atoms with E-state index in [2.05, 4.69) is 4.90 Å². The van der Waals surface area contributed by atoms with Gasteiger partial charge in [0, 0.05) is 46.3 Å². The van der Waals surface area contributed by atoms with E-state index in [0.29, 0.717) is 31.7 Å². The van der Waals surface area contributed by atoms with E-state index in [1.165, 1.54) is 4.31 Å². The molecule has 6 nitrogen and oxygen atoms in total. The minimum atomic E-state index is -3.32. The summed E-state index contributed by atoms with van der Waals surface area (Å²) in [5.74, 6) is 1.34. The number of rotatable bonds is 7. The van der Waals surface area contributed by atoms with Crippen molar-refractivity contribution in [2.45, 2.75) is 25.3 Å². The maximum atomic E-state index is 12.5. The van der Waals surface area contributed by atoms with Crippen LogP contribution in [-0.4, -0.2) is 74.9 Å². The van der Waals surface area contributed by atoms with E-state index in [1.54, 1.807) is 18.4 Å². The van der Waals surface area contributed by atoms with Crippen molar-refractivity contribution in [1.82, 2.24) is 13.5 Å². The average molecular weight is 368 g/mol. The second-order valence-corrected chi connectivity index (χ2v) is 9.36. The van der Waals surface area contributed by atoms with Gasteiger partial charge < -0.3 is 4.74 Å². The summed E-state index contributed by atoms with van der Waals surface area (Å²) >= 11 is 0. The maximum Gasteiger partial charge on any atom is 0.281 e. The average Bonchev–Trinajstić information content (AvgIpc) is 2.92. The third-order valence-corrected chi connectivity index (χ3v) is 7.06. The molecule has 3 saturated heterocycles. The van der Waals surface area contributed by atoms with Crippen LogP contribution < -0.4 is 4.74 Å². The van der Waals surface area contributed by atoms with Crippen molar-refractivity contribution >= 4 is 10.2 Å². The monoisotopic (exact) mass is 367 g/mol. The zero-order chi connectivity index (χ0) is 17.9. The molecule has 0 aromatic heterocycles. The lowest BCUT2D eigenvalue weighted by molar-refractivity contribution is 0.124. The zero-order valence-electron chi connectivity index (χ0n) is 15.2. The molecule has 2 bridgehead atoms. The van der Waals surface area contributed by atoms with Gasteiger partial charge in [-0.15, -0.1) is 0 Å². The highest BCUT2D eigenvalue weighted by Gasteiger charge is 2.39. The molecular formula is C18H29N3O3S. The van der Waals surface area contributed by atoms with Crippen molar-refractivity contribution in [3.63, 3.8) is 0 Å². The predicted octanol–water partition coefficient (Wildman–Crippen LogP) is 1.66. The Hall–Kier alpha value is -1.15. The lowest BCUT2D eigenvalue weighted by atomic mass is 9.95. The maximum absolute atomic E-state index is 12.5. The van der Waals surface area contributed by atoms with E-state index < -0.39 is 10.2 Å². The highest BCUT2D eigenvalue weighted by molar-refractivity contribution is 7.86. The second-order valence-electron chi connectivity index (χ2n) is 7.21. The van der Waals surface area contributed by atoms with E-state index >= 15 is 0 Å². The smallest absolute Gasteiger partial charge is 0.281 e. The summed E-state index contributed by atoms with van der Waals surface area (Å²) in [6, 6.07) is 10.2. The topological polar surface area (TPSA) is 53.1 Å². The van der Waals surface area contributed by atoms with E-state index in [-0.39, 0.29) is 0 Å². The molecule has 0 amide bonds. The number of benzene rings is 1. The lowest BCUT2D eigenvalue weighted by Crippen LogP contribution is -2.46. The molecule has 7 heteroatoms. The van der Waals surface area contributed by atoms with Gasteiger partial charge >= 0.3 is 0 Å². The van der Waals surface area contributed by atoms with Gasteiger partial charge in [-0.3, -0.25) is 4.90 Å². The molecular weight excluding hydrogens is 338 g/mol. The van der Waals surface area contributed by atoms with Gasteiger partial charge in [0.05, 0.1) is 6.61 Å². The van der Waals surface area contributed by atoms with E-state index in [1.807, 2.05) is 30.3 Å². The molecule has 140 valence electrons. The molecule has 0 N–H and O–H groups in total. The first kappa shape index (κ1) is 18.6. The van der Waals surface area contributed by atoms with Crippen LogP contribution in [0.15, 0.2) is 30.3 Å². The Morgan fingerprint density at radius 2 is 1.88 bits per heavy atom. The van der Waals surface area contributed by atoms with Crippen LogP contribution in [0.4, 0.5) is 0 Å². The normalized spacial score (nSPS) is 25.2. The second kappa shape index (κ2) is 8.03. The molecule has 25 heavy (non-hydrogen) atoms. The van der Waals surface area contributed by atoms with Gasteiger partial charge in [0.2, 0.25) is 0 Å². The number of fused-ring (bicyclic) bond motifs is 4. The van der Waals surface area contributed by atoms with Crippen molar-refractivity contribution in [3.8, 4) is 5.75 Å². The summed E-state index contributed by atoms with van der Waals surface area (Å²) in [6.07, 6.45) is 3.17. The van der Waals surface area contributed by atoms with Crippen LogP contribution in [0.25, 0.3) is 0 Å². The van der Waals surface area contributed by atoms with Gasteiger partial charge in [0.1, 0.15) is 5.75 Å². The summed E-state index contributed by atoms with van der Waals surface area (Å²) in [5, 5.41) is 0. The van der Waals surface area contributed by atoms with Crippen molar-refractivity contribution < 1.29 is 13.2 Å². The number of para-hydroxylation sites is 1. The molecule has 1 aromatic carbocycles. The van der Waals surface area contributed by atoms with Gasteiger partial charge in [-0.25, -0.2) is 0 Å². The third-order valence-electron chi connectivity index (χ3n) is 5.18. The van der Waals surface area contributed by atoms with Gasteiger partial charge in [-0.2, -0.15) is 17.0 Å². The van der Waals surface area contributed by atoms with Crippen LogP contribution >= 0.6 is 0 Å². The van der Waals surface area contributed by atoms with Crippen molar-refractivity contribution in [2.24, 2.45) is 5.92 Å². The molecule has 3 heterocycles. The molecule has 0 radical (unpaired) electrons. The number of piperidine rings is 1. The Balaban J connectivity index is 1.52. The molecule has 3 aliphatic heterocycles. The Labute approximate surface area is 151 Å². The highest BCUT2D eigenvalue weighted by atomic mass is 32.2. The summed E-state index contributed by atoms with van der Waals surface area (Å²) in [5.41, 5.74) is 0. The summed E-state index contributed by atoms with van der Waals surface area (Å²) < 4.78 is 33.8. The van der Waals surface area contributed by atoms with Crippen molar-refractivity contribution in [1.29, 1.82) is 0 Å². The summed E-state index contributed by atoms with van der Waals surface area (Å²) in [6.45, 7) is 3.90. The Morgan fingerprint density at radius 3 is 2.60 bits per heavy atom. The fourth-order valence-electron chi connectivity index (χ4n) is 3.80. The number of hydrogen-bond donors (Lipinski definition) is 0. The Bertz CT molecular complexity index is 651. The largest absolute Gasteiger partial charge is 0.494 e. The molecule has 3 aliphatic rings. The Morgan fingerprint density at radius 1 is 1.12 bits per heavy atom. The van der Waals surface area contributed by atoms with Crippen LogP contribution in [0.2, 0.25) is 0 Å². The lowest BCUT2D eigenvalue weighted by Gasteiger charge is -2.36. The summed E-state index contributed by atoms with van der Waals surface area (Å²) in [7, 11) is -0.0946. The van der Waals surface area contributed by atoms with Crippen LogP contribution in [-0.2, 0) is 10.2 Å². The van der Waals surface area contributed by atoms with Crippen molar-refractivity contribution in [2.75, 3.05) is 46.9 Å². The molecule has 0 unspecified atom stereocenters. The first-order valence-electron chi connectivity index (χ1n) is 9.06. The molecule has 2 atom stereocenters. The first-order chi connectivity index (χ1) is 12.0. The summed E-state index contributed by atoms with van der Waals surface area (Å²) in [4.78, 5) is 2.47. The predicted molar refractivity (Wildman–Crippen MR) is 98.8 cm³/mol. The Kier molecular flexibility index (Phi) is 5.99. The molecule has 3 fully saturated rings. The van der Waals surface area contributed by atoms with Crippen LogP contribution in [0.3, 0.4) is 0 Å². The number of ether oxygens (including phenoxy) is 1. The number of hydrogen-bond acceptors (Lipinski definition) is 4. The SMILES string of the molecule is CN(C)S(=O)(=O)N1C[C@H]2CC[C@@H](C1)N(CCCOc1ccccc1)C2. The van der Waals surface area contributed by atoms with Crippen molar-refractivity contribution in [3.05, 3.63) is 30.3 Å². The first-order valence-corrected chi connectivity index (χ1v) is 10.5. The third kappa shape index (κ3) is 4.53.